The Hall–Kier alpha value is -2.29. The molecule has 0 unspecified atom stereocenters. The molecule has 0 radical (unpaired) electrons. The normalized spacial score (nSPS) is 15.0. The molecule has 0 amide bonds. The van der Waals surface area contributed by atoms with Crippen molar-refractivity contribution in [3.63, 3.8) is 0 Å². The summed E-state index contributed by atoms with van der Waals surface area (Å²) >= 11 is 6.21. The minimum absolute atomic E-state index is 0.0722. The van der Waals surface area contributed by atoms with Crippen molar-refractivity contribution in [1.29, 1.82) is 5.26 Å². The molecule has 0 bridgehead atoms. The van der Waals surface area contributed by atoms with E-state index in [1.807, 2.05) is 24.3 Å². The quantitative estimate of drug-likeness (QED) is 0.894. The van der Waals surface area contributed by atoms with Gasteiger partial charge in [0.25, 0.3) is 5.56 Å². The fraction of sp³-hybridized carbons (Fsp3) is 0.400. The predicted molar refractivity (Wildman–Crippen MR) is 102 cm³/mol. The lowest BCUT2D eigenvalue weighted by atomic mass is 10.0. The maximum absolute atomic E-state index is 12.7. The van der Waals surface area contributed by atoms with Crippen molar-refractivity contribution < 1.29 is 5.11 Å². The molecule has 3 rings (SSSR count). The Balaban J connectivity index is 2.06. The molecule has 1 aliphatic rings. The molecule has 2 aromatic rings. The molecule has 1 aromatic heterocycles. The first kappa shape index (κ1) is 18.5. The van der Waals surface area contributed by atoms with Crippen LogP contribution in [0, 0.1) is 18.3 Å². The molecule has 1 aliphatic heterocycles. The Bertz CT molecular complexity index is 908. The van der Waals surface area contributed by atoms with E-state index in [2.05, 4.69) is 4.90 Å². The highest BCUT2D eigenvalue weighted by atomic mass is 35.5. The van der Waals surface area contributed by atoms with Gasteiger partial charge < -0.3 is 5.11 Å². The van der Waals surface area contributed by atoms with Crippen LogP contribution in [0.5, 0.6) is 5.88 Å². The van der Waals surface area contributed by atoms with E-state index >= 15 is 0 Å². The van der Waals surface area contributed by atoms with Crippen molar-refractivity contribution >= 4 is 11.6 Å². The van der Waals surface area contributed by atoms with Crippen LogP contribution in [0.1, 0.15) is 41.5 Å². The Labute approximate surface area is 158 Å². The summed E-state index contributed by atoms with van der Waals surface area (Å²) in [6.45, 7) is 4.33. The van der Waals surface area contributed by atoms with Gasteiger partial charge in [-0.3, -0.25) is 14.3 Å². The minimum atomic E-state index is -0.482. The molecule has 0 atom stereocenters. The number of pyridine rings is 1. The average Bonchev–Trinajstić information content (AvgIpc) is 2.65. The number of nitrogens with zero attached hydrogens (tertiary/aromatic N) is 3. The number of hydrogen-bond donors (Lipinski definition) is 1. The van der Waals surface area contributed by atoms with E-state index in [9.17, 15) is 15.2 Å². The number of piperidine rings is 1. The van der Waals surface area contributed by atoms with Gasteiger partial charge in [0.1, 0.15) is 11.6 Å². The number of hydrogen-bond acceptors (Lipinski definition) is 4. The molecule has 5 nitrogen and oxygen atoms in total. The predicted octanol–water partition coefficient (Wildman–Crippen LogP) is 3.42. The fourth-order valence-corrected chi connectivity index (χ4v) is 3.67. The number of aromatic hydroxyl groups is 1. The molecular weight excluding hydrogens is 350 g/mol. The van der Waals surface area contributed by atoms with E-state index in [1.54, 1.807) is 13.0 Å². The van der Waals surface area contributed by atoms with Gasteiger partial charge in [0.15, 0.2) is 5.88 Å². The monoisotopic (exact) mass is 371 g/mol. The molecule has 26 heavy (non-hydrogen) atoms. The van der Waals surface area contributed by atoms with Gasteiger partial charge in [-0.2, -0.15) is 5.26 Å². The van der Waals surface area contributed by atoms with Crippen LogP contribution >= 0.6 is 11.6 Å². The first-order chi connectivity index (χ1) is 12.5. The summed E-state index contributed by atoms with van der Waals surface area (Å²) in [6, 6.07) is 9.21. The van der Waals surface area contributed by atoms with E-state index in [0.29, 0.717) is 22.7 Å². The summed E-state index contributed by atoms with van der Waals surface area (Å²) in [4.78, 5) is 15.0. The maximum atomic E-state index is 12.7. The van der Waals surface area contributed by atoms with Crippen LogP contribution in [0.4, 0.5) is 0 Å². The number of likely N-dealkylation sites (tertiary alicyclic amines) is 1. The number of rotatable bonds is 4. The molecule has 1 fully saturated rings. The van der Waals surface area contributed by atoms with E-state index in [1.165, 1.54) is 11.0 Å². The van der Waals surface area contributed by atoms with Crippen LogP contribution in [0.2, 0.25) is 5.02 Å². The lowest BCUT2D eigenvalue weighted by Gasteiger charge is -2.28. The zero-order chi connectivity index (χ0) is 18.7. The molecule has 136 valence electrons. The molecule has 0 aliphatic carbocycles. The van der Waals surface area contributed by atoms with Gasteiger partial charge in [-0.05, 0) is 50.0 Å². The van der Waals surface area contributed by atoms with Crippen LogP contribution < -0.4 is 5.56 Å². The standard InChI is InChI=1S/C20H22ClN3O2/c1-14-16(11-22)19(25)24(12-15-7-3-4-8-18(15)21)20(26)17(14)13-23-9-5-2-6-10-23/h3-4,7-8,26H,2,5-6,9-10,12-13H2,1H3. The summed E-state index contributed by atoms with van der Waals surface area (Å²) in [5.74, 6) is -0.0722. The Morgan fingerprint density at radius 1 is 1.19 bits per heavy atom. The van der Waals surface area contributed by atoms with Crippen molar-refractivity contribution in [2.24, 2.45) is 0 Å². The van der Waals surface area contributed by atoms with Crippen molar-refractivity contribution in [3.8, 4) is 11.9 Å². The van der Waals surface area contributed by atoms with Crippen molar-refractivity contribution in [1.82, 2.24) is 9.47 Å². The summed E-state index contributed by atoms with van der Waals surface area (Å²) in [5.41, 5.74) is 1.54. The average molecular weight is 372 g/mol. The molecule has 2 heterocycles. The highest BCUT2D eigenvalue weighted by molar-refractivity contribution is 6.31. The molecule has 1 N–H and O–H groups in total. The topological polar surface area (TPSA) is 69.3 Å². The number of benzene rings is 1. The van der Waals surface area contributed by atoms with Crippen LogP contribution in [0.3, 0.4) is 0 Å². The van der Waals surface area contributed by atoms with Crippen LogP contribution in [0.15, 0.2) is 29.1 Å². The van der Waals surface area contributed by atoms with Gasteiger partial charge >= 0.3 is 0 Å². The third-order valence-corrected chi connectivity index (χ3v) is 5.41. The van der Waals surface area contributed by atoms with E-state index in [4.69, 9.17) is 11.6 Å². The summed E-state index contributed by atoms with van der Waals surface area (Å²) < 4.78 is 1.26. The zero-order valence-electron chi connectivity index (χ0n) is 14.8. The largest absolute Gasteiger partial charge is 0.494 e. The second-order valence-corrected chi connectivity index (χ2v) is 7.14. The number of nitriles is 1. The second kappa shape index (κ2) is 7.94. The van der Waals surface area contributed by atoms with Crippen LogP contribution in [-0.2, 0) is 13.1 Å². The Kier molecular flexibility index (Phi) is 5.65. The number of aromatic nitrogens is 1. The Morgan fingerprint density at radius 2 is 1.88 bits per heavy atom. The highest BCUT2D eigenvalue weighted by Crippen LogP contribution is 2.26. The van der Waals surface area contributed by atoms with Gasteiger partial charge in [0, 0.05) is 17.1 Å². The smallest absolute Gasteiger partial charge is 0.271 e. The summed E-state index contributed by atoms with van der Waals surface area (Å²) in [5, 5.41) is 20.8. The zero-order valence-corrected chi connectivity index (χ0v) is 15.6. The Morgan fingerprint density at radius 3 is 2.54 bits per heavy atom. The summed E-state index contributed by atoms with van der Waals surface area (Å²) in [7, 11) is 0. The maximum Gasteiger partial charge on any atom is 0.271 e. The molecule has 0 saturated carbocycles. The fourth-order valence-electron chi connectivity index (χ4n) is 3.48. The third kappa shape index (κ3) is 3.62. The molecule has 6 heteroatoms. The van der Waals surface area contributed by atoms with E-state index in [0.717, 1.165) is 31.5 Å². The van der Waals surface area contributed by atoms with E-state index < -0.39 is 5.56 Å². The molecular formula is C20H22ClN3O2. The minimum Gasteiger partial charge on any atom is -0.494 e. The molecule has 1 saturated heterocycles. The lowest BCUT2D eigenvalue weighted by Crippen LogP contribution is -2.32. The van der Waals surface area contributed by atoms with Crippen molar-refractivity contribution in [2.75, 3.05) is 13.1 Å². The van der Waals surface area contributed by atoms with Gasteiger partial charge in [-0.25, -0.2) is 0 Å². The summed E-state index contributed by atoms with van der Waals surface area (Å²) in [6.07, 6.45) is 3.48. The first-order valence-corrected chi connectivity index (χ1v) is 9.21. The second-order valence-electron chi connectivity index (χ2n) is 6.73. The first-order valence-electron chi connectivity index (χ1n) is 8.84. The lowest BCUT2D eigenvalue weighted by molar-refractivity contribution is 0.216. The third-order valence-electron chi connectivity index (χ3n) is 5.04. The van der Waals surface area contributed by atoms with Crippen LogP contribution in [0.25, 0.3) is 0 Å². The van der Waals surface area contributed by atoms with Gasteiger partial charge in [0.2, 0.25) is 0 Å². The van der Waals surface area contributed by atoms with Crippen molar-refractivity contribution in [3.05, 3.63) is 61.9 Å². The highest BCUT2D eigenvalue weighted by Gasteiger charge is 2.22. The van der Waals surface area contributed by atoms with Crippen molar-refractivity contribution in [2.45, 2.75) is 39.3 Å². The molecule has 1 aromatic carbocycles. The van der Waals surface area contributed by atoms with Crippen LogP contribution in [-0.4, -0.2) is 27.7 Å². The van der Waals surface area contributed by atoms with E-state index in [-0.39, 0.29) is 18.0 Å². The number of halogens is 1. The van der Waals surface area contributed by atoms with Gasteiger partial charge in [-0.1, -0.05) is 36.2 Å². The van der Waals surface area contributed by atoms with Gasteiger partial charge in [0.05, 0.1) is 6.54 Å². The van der Waals surface area contributed by atoms with Gasteiger partial charge in [-0.15, -0.1) is 0 Å². The molecule has 0 spiro atoms. The SMILES string of the molecule is Cc1c(CN2CCCCC2)c(O)n(Cc2ccccc2Cl)c(=O)c1C#N.